The van der Waals surface area contributed by atoms with E-state index in [2.05, 4.69) is 11.8 Å². The topological polar surface area (TPSA) is 40.5 Å². The van der Waals surface area contributed by atoms with Crippen LogP contribution in [0, 0.1) is 12.8 Å². The van der Waals surface area contributed by atoms with Crippen molar-refractivity contribution in [3.8, 4) is 0 Å². The molecule has 92 valence electrons. The van der Waals surface area contributed by atoms with E-state index in [9.17, 15) is 9.90 Å². The molecular formula is C14H19NO2. The summed E-state index contributed by atoms with van der Waals surface area (Å²) in [6.45, 7) is 6.04. The quantitative estimate of drug-likeness (QED) is 0.853. The van der Waals surface area contributed by atoms with Crippen molar-refractivity contribution >= 4 is 11.7 Å². The van der Waals surface area contributed by atoms with Crippen LogP contribution in [0.5, 0.6) is 0 Å². The minimum absolute atomic E-state index is 0.460. The van der Waals surface area contributed by atoms with Crippen LogP contribution >= 0.6 is 0 Å². The lowest BCUT2D eigenvalue weighted by molar-refractivity contribution is 0.0696. The van der Waals surface area contributed by atoms with Crippen LogP contribution in [0.3, 0.4) is 0 Å². The van der Waals surface area contributed by atoms with Crippen molar-refractivity contribution in [2.75, 3.05) is 18.0 Å². The van der Waals surface area contributed by atoms with Crippen molar-refractivity contribution in [3.63, 3.8) is 0 Å². The van der Waals surface area contributed by atoms with E-state index in [1.54, 1.807) is 0 Å². The Balaban J connectivity index is 2.32. The highest BCUT2D eigenvalue weighted by molar-refractivity contribution is 5.96. The number of nitrogens with zero attached hydrogens (tertiary/aromatic N) is 1. The lowest BCUT2D eigenvalue weighted by atomic mass is 9.97. The zero-order valence-electron chi connectivity index (χ0n) is 10.4. The third kappa shape index (κ3) is 2.43. The minimum Gasteiger partial charge on any atom is -0.478 e. The molecule has 17 heavy (non-hydrogen) atoms. The Hall–Kier alpha value is -1.51. The molecule has 1 saturated heterocycles. The summed E-state index contributed by atoms with van der Waals surface area (Å²) in [7, 11) is 0. The monoisotopic (exact) mass is 233 g/mol. The minimum atomic E-state index is -0.822. The van der Waals surface area contributed by atoms with Gasteiger partial charge in [-0.2, -0.15) is 0 Å². The smallest absolute Gasteiger partial charge is 0.338 e. The van der Waals surface area contributed by atoms with Crippen molar-refractivity contribution in [3.05, 3.63) is 29.3 Å². The average molecular weight is 233 g/mol. The van der Waals surface area contributed by atoms with Gasteiger partial charge in [-0.3, -0.25) is 0 Å². The lowest BCUT2D eigenvalue weighted by Gasteiger charge is -2.33. The molecule has 0 bridgehead atoms. The summed E-state index contributed by atoms with van der Waals surface area (Å²) >= 11 is 0. The molecule has 1 heterocycles. The number of rotatable bonds is 2. The highest BCUT2D eigenvalue weighted by Gasteiger charge is 2.21. The molecule has 0 aromatic heterocycles. The number of carboxylic acid groups (broad SMARTS) is 1. The van der Waals surface area contributed by atoms with Gasteiger partial charge in [0.25, 0.3) is 0 Å². The molecule has 0 saturated carbocycles. The first-order valence-electron chi connectivity index (χ1n) is 6.17. The summed E-state index contributed by atoms with van der Waals surface area (Å²) in [5.41, 5.74) is 2.18. The highest BCUT2D eigenvalue weighted by atomic mass is 16.4. The van der Waals surface area contributed by atoms with Crippen molar-refractivity contribution in [1.82, 2.24) is 0 Å². The number of carbonyl (C=O) groups is 1. The van der Waals surface area contributed by atoms with Crippen LogP contribution in [0.4, 0.5) is 5.69 Å². The third-order valence-electron chi connectivity index (χ3n) is 3.59. The fourth-order valence-corrected chi connectivity index (χ4v) is 2.44. The van der Waals surface area contributed by atoms with Gasteiger partial charge in [-0.25, -0.2) is 4.79 Å². The van der Waals surface area contributed by atoms with Gasteiger partial charge in [-0.1, -0.05) is 19.1 Å². The van der Waals surface area contributed by atoms with Gasteiger partial charge in [0.15, 0.2) is 0 Å². The summed E-state index contributed by atoms with van der Waals surface area (Å²) in [6, 6.07) is 5.72. The fourth-order valence-electron chi connectivity index (χ4n) is 2.44. The zero-order chi connectivity index (χ0) is 12.4. The fraction of sp³-hybridized carbons (Fsp3) is 0.500. The van der Waals surface area contributed by atoms with Crippen molar-refractivity contribution in [2.24, 2.45) is 5.92 Å². The maximum absolute atomic E-state index is 11.3. The molecule has 1 aliphatic heterocycles. The van der Waals surface area contributed by atoms with Crippen LogP contribution < -0.4 is 4.90 Å². The van der Waals surface area contributed by atoms with Gasteiger partial charge in [0, 0.05) is 13.1 Å². The van der Waals surface area contributed by atoms with Gasteiger partial charge in [0.2, 0.25) is 0 Å². The second-order valence-corrected chi connectivity index (χ2v) is 4.94. The average Bonchev–Trinajstić information content (AvgIpc) is 2.29. The van der Waals surface area contributed by atoms with Gasteiger partial charge >= 0.3 is 5.97 Å². The Labute approximate surface area is 102 Å². The number of aromatic carboxylic acids is 1. The molecular weight excluding hydrogens is 214 g/mol. The number of anilines is 1. The summed E-state index contributed by atoms with van der Waals surface area (Å²) in [6.07, 6.45) is 2.29. The molecule has 1 aromatic carbocycles. The van der Waals surface area contributed by atoms with Crippen molar-refractivity contribution in [2.45, 2.75) is 26.7 Å². The third-order valence-corrected chi connectivity index (χ3v) is 3.59. The molecule has 0 aliphatic carbocycles. The molecule has 2 rings (SSSR count). The number of carboxylic acids is 1. The number of piperidine rings is 1. The molecule has 1 N–H and O–H groups in total. The SMILES string of the molecule is Cc1cccc(N2CCC(C)CC2)c1C(=O)O. The van der Waals surface area contributed by atoms with Gasteiger partial charge in [0.05, 0.1) is 11.3 Å². The summed E-state index contributed by atoms with van der Waals surface area (Å²) < 4.78 is 0. The highest BCUT2D eigenvalue weighted by Crippen LogP contribution is 2.28. The predicted molar refractivity (Wildman–Crippen MR) is 68.7 cm³/mol. The van der Waals surface area contributed by atoms with E-state index in [4.69, 9.17) is 0 Å². The van der Waals surface area contributed by atoms with Gasteiger partial charge in [0.1, 0.15) is 0 Å². The Kier molecular flexibility index (Phi) is 3.36. The van der Waals surface area contributed by atoms with Crippen molar-refractivity contribution < 1.29 is 9.90 Å². The van der Waals surface area contributed by atoms with Gasteiger partial charge in [-0.15, -0.1) is 0 Å². The first-order valence-corrected chi connectivity index (χ1v) is 6.17. The normalized spacial score (nSPS) is 17.2. The van der Waals surface area contributed by atoms with Crippen LogP contribution in [0.2, 0.25) is 0 Å². The Bertz CT molecular complexity index is 420. The van der Waals surface area contributed by atoms with E-state index in [1.165, 1.54) is 0 Å². The van der Waals surface area contributed by atoms with E-state index in [-0.39, 0.29) is 0 Å². The van der Waals surface area contributed by atoms with Gasteiger partial charge < -0.3 is 10.0 Å². The van der Waals surface area contributed by atoms with E-state index < -0.39 is 5.97 Å². The Morgan fingerprint density at radius 3 is 2.59 bits per heavy atom. The molecule has 0 radical (unpaired) electrons. The summed E-state index contributed by atoms with van der Waals surface area (Å²) in [5.74, 6) is -0.0685. The number of benzene rings is 1. The van der Waals surface area contributed by atoms with E-state index >= 15 is 0 Å². The molecule has 3 heteroatoms. The van der Waals surface area contributed by atoms with Crippen LogP contribution in [0.1, 0.15) is 35.7 Å². The standard InChI is InChI=1S/C14H19NO2/c1-10-6-8-15(9-7-10)12-5-3-4-11(2)13(12)14(16)17/h3-5,10H,6-9H2,1-2H3,(H,16,17). The second kappa shape index (κ2) is 4.78. The molecule has 1 aromatic rings. The molecule has 0 amide bonds. The molecule has 1 fully saturated rings. The van der Waals surface area contributed by atoms with E-state index in [0.29, 0.717) is 5.56 Å². The first-order chi connectivity index (χ1) is 8.09. The second-order valence-electron chi connectivity index (χ2n) is 4.94. The predicted octanol–water partition coefficient (Wildman–Crippen LogP) is 2.93. The van der Waals surface area contributed by atoms with E-state index in [0.717, 1.165) is 43.1 Å². The molecule has 0 atom stereocenters. The molecule has 0 spiro atoms. The Morgan fingerprint density at radius 2 is 2.00 bits per heavy atom. The lowest BCUT2D eigenvalue weighted by Crippen LogP contribution is -2.34. The maximum Gasteiger partial charge on any atom is 0.338 e. The van der Waals surface area contributed by atoms with Crippen molar-refractivity contribution in [1.29, 1.82) is 0 Å². The molecule has 3 nitrogen and oxygen atoms in total. The maximum atomic E-state index is 11.3. The number of hydrogen-bond acceptors (Lipinski definition) is 2. The number of hydrogen-bond donors (Lipinski definition) is 1. The van der Waals surface area contributed by atoms with E-state index in [1.807, 2.05) is 25.1 Å². The summed E-state index contributed by atoms with van der Waals surface area (Å²) in [5, 5.41) is 9.30. The van der Waals surface area contributed by atoms with Gasteiger partial charge in [-0.05, 0) is 37.3 Å². The zero-order valence-corrected chi connectivity index (χ0v) is 10.4. The summed E-state index contributed by atoms with van der Waals surface area (Å²) in [4.78, 5) is 13.5. The largest absolute Gasteiger partial charge is 0.478 e. The Morgan fingerprint density at radius 1 is 1.35 bits per heavy atom. The number of aryl methyl sites for hydroxylation is 1. The van der Waals surface area contributed by atoms with Crippen LogP contribution in [0.25, 0.3) is 0 Å². The molecule has 1 aliphatic rings. The van der Waals surface area contributed by atoms with Crippen LogP contribution in [0.15, 0.2) is 18.2 Å². The van der Waals surface area contributed by atoms with Crippen LogP contribution in [-0.2, 0) is 0 Å². The molecule has 0 unspecified atom stereocenters. The first kappa shape index (κ1) is 12.0. The van der Waals surface area contributed by atoms with Crippen LogP contribution in [-0.4, -0.2) is 24.2 Å².